The van der Waals surface area contributed by atoms with Gasteiger partial charge < -0.3 is 9.47 Å². The van der Waals surface area contributed by atoms with E-state index in [1.165, 1.54) is 11.3 Å². The minimum Gasteiger partial charge on any atom is -0.495 e. The van der Waals surface area contributed by atoms with Crippen LogP contribution in [0.2, 0.25) is 0 Å². The van der Waals surface area contributed by atoms with Gasteiger partial charge in [0.15, 0.2) is 6.29 Å². The van der Waals surface area contributed by atoms with E-state index < -0.39 is 0 Å². The Hall–Kier alpha value is -1.55. The van der Waals surface area contributed by atoms with E-state index in [1.807, 2.05) is 19.1 Å². The van der Waals surface area contributed by atoms with E-state index >= 15 is 0 Å². The van der Waals surface area contributed by atoms with Crippen molar-refractivity contribution in [3.63, 3.8) is 0 Å². The third-order valence-corrected chi connectivity index (χ3v) is 3.63. The molecule has 0 radical (unpaired) electrons. The third kappa shape index (κ3) is 1.46. The minimum absolute atomic E-state index is 0.602. The Bertz CT molecular complexity index is 543. The van der Waals surface area contributed by atoms with Crippen LogP contribution >= 0.6 is 11.3 Å². The first kappa shape index (κ1) is 11.0. The molecule has 0 saturated heterocycles. The van der Waals surface area contributed by atoms with Gasteiger partial charge in [0.1, 0.15) is 16.4 Å². The lowest BCUT2D eigenvalue weighted by Crippen LogP contribution is -1.87. The fourth-order valence-electron chi connectivity index (χ4n) is 1.77. The van der Waals surface area contributed by atoms with Gasteiger partial charge in [-0.25, -0.2) is 0 Å². The molecule has 1 aromatic heterocycles. The number of carbonyl (C=O) groups is 1. The van der Waals surface area contributed by atoms with Crippen molar-refractivity contribution < 1.29 is 14.3 Å². The summed E-state index contributed by atoms with van der Waals surface area (Å²) in [5.74, 6) is 1.42. The van der Waals surface area contributed by atoms with Gasteiger partial charge in [0.2, 0.25) is 0 Å². The summed E-state index contributed by atoms with van der Waals surface area (Å²) in [5, 5.41) is 0.967. The van der Waals surface area contributed by atoms with Crippen molar-refractivity contribution in [2.24, 2.45) is 0 Å². The lowest BCUT2D eigenvalue weighted by Gasteiger charge is -2.04. The maximum Gasteiger partial charge on any atom is 0.163 e. The summed E-state index contributed by atoms with van der Waals surface area (Å²) in [6.45, 7) is 1.99. The molecular weight excluding hydrogens is 224 g/mol. The summed E-state index contributed by atoms with van der Waals surface area (Å²) in [7, 11) is 3.20. The Balaban J connectivity index is 2.89. The molecule has 0 atom stereocenters. The quantitative estimate of drug-likeness (QED) is 0.768. The van der Waals surface area contributed by atoms with Crippen LogP contribution in [0.15, 0.2) is 12.1 Å². The molecule has 3 nitrogen and oxygen atoms in total. The molecule has 1 heterocycles. The number of ether oxygens (including phenoxy) is 2. The van der Waals surface area contributed by atoms with Crippen LogP contribution in [0.5, 0.6) is 11.5 Å². The summed E-state index contributed by atoms with van der Waals surface area (Å²) >= 11 is 1.40. The molecule has 0 aliphatic rings. The van der Waals surface area contributed by atoms with Crippen LogP contribution < -0.4 is 9.47 Å². The highest BCUT2D eigenvalue weighted by Crippen LogP contribution is 2.43. The van der Waals surface area contributed by atoms with E-state index in [1.54, 1.807) is 14.2 Å². The number of carbonyl (C=O) groups excluding carboxylic acids is 1. The molecule has 2 rings (SSSR count). The Labute approximate surface area is 97.6 Å². The molecular formula is C12H12O3S. The highest BCUT2D eigenvalue weighted by atomic mass is 32.1. The molecule has 4 heteroatoms. The van der Waals surface area contributed by atoms with Gasteiger partial charge in [0.05, 0.1) is 18.9 Å². The Morgan fingerprint density at radius 3 is 2.56 bits per heavy atom. The molecule has 0 amide bonds. The SMILES string of the molecule is COc1ccc(C)c2c(OC)c(C=O)sc12. The van der Waals surface area contributed by atoms with Crippen molar-refractivity contribution in [2.45, 2.75) is 6.92 Å². The summed E-state index contributed by atoms with van der Waals surface area (Å²) in [4.78, 5) is 11.6. The van der Waals surface area contributed by atoms with Gasteiger partial charge in [-0.1, -0.05) is 6.07 Å². The summed E-state index contributed by atoms with van der Waals surface area (Å²) < 4.78 is 11.5. The second kappa shape index (κ2) is 4.14. The first-order valence-electron chi connectivity index (χ1n) is 4.82. The minimum atomic E-state index is 0.602. The fourth-order valence-corrected chi connectivity index (χ4v) is 2.92. The average molecular weight is 236 g/mol. The normalized spacial score (nSPS) is 10.4. The molecule has 16 heavy (non-hydrogen) atoms. The number of benzene rings is 1. The summed E-state index contributed by atoms with van der Waals surface area (Å²) in [5.41, 5.74) is 1.08. The topological polar surface area (TPSA) is 35.5 Å². The molecule has 2 aromatic rings. The number of hydrogen-bond donors (Lipinski definition) is 0. The highest BCUT2D eigenvalue weighted by Gasteiger charge is 2.17. The monoisotopic (exact) mass is 236 g/mol. The van der Waals surface area contributed by atoms with Crippen LogP contribution in [0.25, 0.3) is 10.1 Å². The van der Waals surface area contributed by atoms with Crippen molar-refractivity contribution in [3.05, 3.63) is 22.6 Å². The standard InChI is InChI=1S/C12H12O3S/c1-7-4-5-8(14-2)12-10(7)11(15-3)9(6-13)16-12/h4-6H,1-3H3. The van der Waals surface area contributed by atoms with E-state index in [0.717, 1.165) is 27.7 Å². The molecule has 0 spiro atoms. The zero-order valence-electron chi connectivity index (χ0n) is 9.37. The predicted molar refractivity (Wildman–Crippen MR) is 65.1 cm³/mol. The molecule has 1 aromatic carbocycles. The van der Waals surface area contributed by atoms with E-state index in [-0.39, 0.29) is 0 Å². The molecule has 0 N–H and O–H groups in total. The molecule has 0 aliphatic heterocycles. The van der Waals surface area contributed by atoms with Gasteiger partial charge in [-0.3, -0.25) is 4.79 Å². The zero-order chi connectivity index (χ0) is 11.7. The number of fused-ring (bicyclic) bond motifs is 1. The smallest absolute Gasteiger partial charge is 0.163 e. The number of aldehydes is 1. The van der Waals surface area contributed by atoms with E-state index in [9.17, 15) is 4.79 Å². The van der Waals surface area contributed by atoms with Crippen molar-refractivity contribution in [2.75, 3.05) is 14.2 Å². The van der Waals surface area contributed by atoms with Crippen LogP contribution in [-0.2, 0) is 0 Å². The largest absolute Gasteiger partial charge is 0.495 e. The number of aryl methyl sites for hydroxylation is 1. The van der Waals surface area contributed by atoms with Crippen molar-refractivity contribution in [1.29, 1.82) is 0 Å². The summed E-state index contributed by atoms with van der Waals surface area (Å²) in [6.07, 6.45) is 0.822. The maximum absolute atomic E-state index is 11.0. The Morgan fingerprint density at radius 1 is 1.25 bits per heavy atom. The van der Waals surface area contributed by atoms with Gasteiger partial charge in [0.25, 0.3) is 0 Å². The lowest BCUT2D eigenvalue weighted by molar-refractivity contribution is 0.112. The second-order valence-corrected chi connectivity index (χ2v) is 4.46. The Morgan fingerprint density at radius 2 is 2.00 bits per heavy atom. The molecule has 0 aliphatic carbocycles. The number of methoxy groups -OCH3 is 2. The first-order chi connectivity index (χ1) is 7.72. The Kier molecular flexibility index (Phi) is 2.83. The summed E-state index contributed by atoms with van der Waals surface area (Å²) in [6, 6.07) is 3.87. The third-order valence-electron chi connectivity index (χ3n) is 2.52. The van der Waals surface area contributed by atoms with Gasteiger partial charge in [-0.2, -0.15) is 0 Å². The number of hydrogen-bond acceptors (Lipinski definition) is 4. The van der Waals surface area contributed by atoms with Crippen LogP contribution in [0.4, 0.5) is 0 Å². The molecule has 0 fully saturated rings. The highest BCUT2D eigenvalue weighted by molar-refractivity contribution is 7.21. The maximum atomic E-state index is 11.0. The number of rotatable bonds is 3. The first-order valence-corrected chi connectivity index (χ1v) is 5.63. The van der Waals surface area contributed by atoms with Crippen molar-refractivity contribution in [3.8, 4) is 11.5 Å². The predicted octanol–water partition coefficient (Wildman–Crippen LogP) is 3.04. The van der Waals surface area contributed by atoms with Crippen LogP contribution in [0, 0.1) is 6.92 Å². The molecule has 0 bridgehead atoms. The zero-order valence-corrected chi connectivity index (χ0v) is 10.2. The van der Waals surface area contributed by atoms with E-state index in [2.05, 4.69) is 0 Å². The fraction of sp³-hybridized carbons (Fsp3) is 0.250. The second-order valence-electron chi connectivity index (χ2n) is 3.41. The van der Waals surface area contributed by atoms with E-state index in [4.69, 9.17) is 9.47 Å². The molecule has 84 valence electrons. The van der Waals surface area contributed by atoms with Crippen LogP contribution in [0.3, 0.4) is 0 Å². The van der Waals surface area contributed by atoms with Crippen molar-refractivity contribution in [1.82, 2.24) is 0 Å². The molecule has 0 unspecified atom stereocenters. The van der Waals surface area contributed by atoms with Gasteiger partial charge in [-0.15, -0.1) is 11.3 Å². The van der Waals surface area contributed by atoms with Gasteiger partial charge in [-0.05, 0) is 18.6 Å². The van der Waals surface area contributed by atoms with Gasteiger partial charge in [0, 0.05) is 5.39 Å². The van der Waals surface area contributed by atoms with Gasteiger partial charge >= 0.3 is 0 Å². The average Bonchev–Trinajstić information content (AvgIpc) is 2.69. The van der Waals surface area contributed by atoms with Crippen LogP contribution in [-0.4, -0.2) is 20.5 Å². The number of thiophene rings is 1. The van der Waals surface area contributed by atoms with Crippen molar-refractivity contribution >= 4 is 27.7 Å². The van der Waals surface area contributed by atoms with E-state index in [0.29, 0.717) is 10.6 Å². The lowest BCUT2D eigenvalue weighted by atomic mass is 10.1. The molecule has 0 saturated carbocycles. The van der Waals surface area contributed by atoms with Crippen LogP contribution in [0.1, 0.15) is 15.2 Å².